The van der Waals surface area contributed by atoms with E-state index in [1.165, 1.54) is 0 Å². The molecule has 0 saturated carbocycles. The van der Waals surface area contributed by atoms with Crippen LogP contribution >= 0.6 is 0 Å². The molecule has 66 valence electrons. The van der Waals surface area contributed by atoms with Gasteiger partial charge in [-0.05, 0) is 12.3 Å². The monoisotopic (exact) mass is 158 g/mol. The second-order valence-electron chi connectivity index (χ2n) is 2.93. The fourth-order valence-corrected chi connectivity index (χ4v) is 0.695. The second-order valence-corrected chi connectivity index (χ2v) is 2.93. The topological polar surface area (TPSA) is 40.5 Å². The van der Waals surface area contributed by atoms with Gasteiger partial charge in [0.25, 0.3) is 0 Å². The van der Waals surface area contributed by atoms with Gasteiger partial charge in [0.05, 0.1) is 12.7 Å². The molecule has 2 nitrogen and oxygen atoms in total. The molecule has 0 aliphatic carbocycles. The first-order valence-electron chi connectivity index (χ1n) is 4.16. The lowest BCUT2D eigenvalue weighted by molar-refractivity contribution is 0.131. The van der Waals surface area contributed by atoms with Crippen LogP contribution in [0.2, 0.25) is 0 Å². The van der Waals surface area contributed by atoms with Crippen LogP contribution in [0.25, 0.3) is 0 Å². The molecule has 11 heavy (non-hydrogen) atoms. The van der Waals surface area contributed by atoms with Gasteiger partial charge in [-0.25, -0.2) is 0 Å². The van der Waals surface area contributed by atoms with Crippen molar-refractivity contribution in [2.24, 2.45) is 5.92 Å². The Labute approximate surface area is 68.6 Å². The lowest BCUT2D eigenvalue weighted by Crippen LogP contribution is -2.07. The smallest absolute Gasteiger partial charge is 0.0951 e. The summed E-state index contributed by atoms with van der Waals surface area (Å²) in [6.45, 7) is 4.12. The maximum atomic E-state index is 8.91. The molecule has 0 heterocycles. The van der Waals surface area contributed by atoms with Crippen LogP contribution < -0.4 is 0 Å². The van der Waals surface area contributed by atoms with Gasteiger partial charge in [-0.3, -0.25) is 0 Å². The maximum absolute atomic E-state index is 8.91. The minimum atomic E-state index is -0.681. The van der Waals surface area contributed by atoms with Gasteiger partial charge in [0.1, 0.15) is 0 Å². The van der Waals surface area contributed by atoms with Crippen LogP contribution in [0.3, 0.4) is 0 Å². The Morgan fingerprint density at radius 1 is 1.45 bits per heavy atom. The largest absolute Gasteiger partial charge is 0.393 e. The van der Waals surface area contributed by atoms with Gasteiger partial charge < -0.3 is 10.2 Å². The van der Waals surface area contributed by atoms with Crippen molar-refractivity contribution < 1.29 is 10.2 Å². The lowest BCUT2D eigenvalue weighted by Gasteiger charge is -2.03. The van der Waals surface area contributed by atoms with E-state index in [1.54, 1.807) is 6.08 Å². The second kappa shape index (κ2) is 6.38. The molecule has 0 aliphatic heterocycles. The predicted octanol–water partition coefficient (Wildman–Crippen LogP) is 1.33. The molecule has 0 aromatic rings. The fourth-order valence-electron chi connectivity index (χ4n) is 0.695. The first-order chi connectivity index (χ1) is 5.20. The summed E-state index contributed by atoms with van der Waals surface area (Å²) in [6.07, 6.45) is 5.02. The van der Waals surface area contributed by atoms with Crippen molar-refractivity contribution in [3.63, 3.8) is 0 Å². The molecular formula is C9H18O2. The minimum Gasteiger partial charge on any atom is -0.393 e. The first-order valence-corrected chi connectivity index (χ1v) is 4.16. The normalized spacial score (nSPS) is 17.1. The van der Waals surface area contributed by atoms with E-state index in [0.29, 0.717) is 5.92 Å². The van der Waals surface area contributed by atoms with Crippen molar-refractivity contribution in [2.75, 3.05) is 6.61 Å². The highest BCUT2D eigenvalue weighted by Gasteiger charge is 1.96. The van der Waals surface area contributed by atoms with E-state index in [0.717, 1.165) is 12.8 Å². The summed E-state index contributed by atoms with van der Waals surface area (Å²) in [5, 5.41) is 17.4. The molecule has 0 aliphatic rings. The van der Waals surface area contributed by atoms with E-state index in [1.807, 2.05) is 6.08 Å². The lowest BCUT2D eigenvalue weighted by atomic mass is 10.0. The van der Waals surface area contributed by atoms with Gasteiger partial charge in [-0.1, -0.05) is 32.4 Å². The third-order valence-electron chi connectivity index (χ3n) is 1.78. The summed E-state index contributed by atoms with van der Waals surface area (Å²) < 4.78 is 0. The van der Waals surface area contributed by atoms with Crippen LogP contribution in [0.4, 0.5) is 0 Å². The highest BCUT2D eigenvalue weighted by atomic mass is 16.3. The molecule has 0 bridgehead atoms. The van der Waals surface area contributed by atoms with Crippen molar-refractivity contribution >= 4 is 0 Å². The van der Waals surface area contributed by atoms with Gasteiger partial charge in [0.2, 0.25) is 0 Å². The van der Waals surface area contributed by atoms with Crippen LogP contribution in [0.5, 0.6) is 0 Å². The summed E-state index contributed by atoms with van der Waals surface area (Å²) >= 11 is 0. The van der Waals surface area contributed by atoms with Crippen molar-refractivity contribution in [1.82, 2.24) is 0 Å². The molecule has 0 spiro atoms. The Balaban J connectivity index is 3.43. The zero-order chi connectivity index (χ0) is 8.69. The molecule has 1 unspecified atom stereocenters. The molecule has 0 aromatic carbocycles. The highest BCUT2D eigenvalue weighted by molar-refractivity contribution is 4.88. The predicted molar refractivity (Wildman–Crippen MR) is 46.3 cm³/mol. The Kier molecular flexibility index (Phi) is 6.18. The van der Waals surface area contributed by atoms with Crippen molar-refractivity contribution in [1.29, 1.82) is 0 Å². The minimum absolute atomic E-state index is 0.184. The third kappa shape index (κ3) is 6.07. The van der Waals surface area contributed by atoms with E-state index < -0.39 is 6.10 Å². The van der Waals surface area contributed by atoms with Crippen molar-refractivity contribution in [3.05, 3.63) is 12.2 Å². The zero-order valence-electron chi connectivity index (χ0n) is 7.33. The molecule has 2 atom stereocenters. The number of aliphatic hydroxyl groups excluding tert-OH is 2. The quantitative estimate of drug-likeness (QED) is 0.593. The molecular weight excluding hydrogens is 140 g/mol. The zero-order valence-corrected chi connectivity index (χ0v) is 7.33. The van der Waals surface area contributed by atoms with Gasteiger partial charge in [0, 0.05) is 0 Å². The average Bonchev–Trinajstić information content (AvgIpc) is 2.04. The molecule has 0 amide bonds. The summed E-state index contributed by atoms with van der Waals surface area (Å²) in [4.78, 5) is 0. The number of aliphatic hydroxyl groups is 2. The standard InChI is InChI=1S/C9H18O2/c1-3-8(2)5-4-6-9(11)7-10/h4,6,8-11H,3,5,7H2,1-2H3/b6-4+/t8-,9?/m0/s1. The van der Waals surface area contributed by atoms with Gasteiger partial charge in [0.15, 0.2) is 0 Å². The van der Waals surface area contributed by atoms with Gasteiger partial charge in [-0.15, -0.1) is 0 Å². The number of allylic oxidation sites excluding steroid dienone is 1. The molecule has 0 radical (unpaired) electrons. The summed E-state index contributed by atoms with van der Waals surface area (Å²) in [5.41, 5.74) is 0. The molecule has 0 aromatic heterocycles. The number of rotatable bonds is 5. The first kappa shape index (κ1) is 10.7. The Hall–Kier alpha value is -0.340. The Morgan fingerprint density at radius 3 is 2.55 bits per heavy atom. The molecule has 0 fully saturated rings. The molecule has 2 heteroatoms. The van der Waals surface area contributed by atoms with Crippen LogP contribution in [-0.4, -0.2) is 22.9 Å². The van der Waals surface area contributed by atoms with E-state index in [9.17, 15) is 0 Å². The summed E-state index contributed by atoms with van der Waals surface area (Å²) in [5.74, 6) is 0.664. The van der Waals surface area contributed by atoms with Crippen molar-refractivity contribution in [2.45, 2.75) is 32.8 Å². The van der Waals surface area contributed by atoms with E-state index in [4.69, 9.17) is 10.2 Å². The average molecular weight is 158 g/mol. The third-order valence-corrected chi connectivity index (χ3v) is 1.78. The van der Waals surface area contributed by atoms with E-state index >= 15 is 0 Å². The summed E-state index contributed by atoms with van der Waals surface area (Å²) in [7, 11) is 0. The number of hydrogen-bond donors (Lipinski definition) is 2. The maximum Gasteiger partial charge on any atom is 0.0951 e. The fraction of sp³-hybridized carbons (Fsp3) is 0.778. The van der Waals surface area contributed by atoms with Crippen molar-refractivity contribution in [3.8, 4) is 0 Å². The molecule has 0 saturated heterocycles. The van der Waals surface area contributed by atoms with Crippen LogP contribution in [0.1, 0.15) is 26.7 Å². The Bertz CT molecular complexity index is 110. The Morgan fingerprint density at radius 2 is 2.09 bits per heavy atom. The highest BCUT2D eigenvalue weighted by Crippen LogP contribution is 2.06. The molecule has 0 rings (SSSR count). The number of hydrogen-bond acceptors (Lipinski definition) is 2. The van der Waals surface area contributed by atoms with Gasteiger partial charge in [-0.2, -0.15) is 0 Å². The van der Waals surface area contributed by atoms with E-state index in [2.05, 4.69) is 13.8 Å². The van der Waals surface area contributed by atoms with Crippen LogP contribution in [0, 0.1) is 5.92 Å². The van der Waals surface area contributed by atoms with E-state index in [-0.39, 0.29) is 6.61 Å². The SMILES string of the molecule is CC[C@H](C)C/C=C/C(O)CO. The summed E-state index contributed by atoms with van der Waals surface area (Å²) in [6, 6.07) is 0. The van der Waals surface area contributed by atoms with Crippen LogP contribution in [-0.2, 0) is 0 Å². The van der Waals surface area contributed by atoms with Gasteiger partial charge >= 0.3 is 0 Å². The van der Waals surface area contributed by atoms with Crippen LogP contribution in [0.15, 0.2) is 12.2 Å². The molecule has 2 N–H and O–H groups in total.